The van der Waals surface area contributed by atoms with E-state index in [1.54, 1.807) is 0 Å². The van der Waals surface area contributed by atoms with Crippen molar-refractivity contribution >= 4 is 17.3 Å². The van der Waals surface area contributed by atoms with Crippen LogP contribution in [0.1, 0.15) is 13.8 Å². The van der Waals surface area contributed by atoms with Crippen molar-refractivity contribution in [1.82, 2.24) is 9.97 Å². The molecule has 0 amide bonds. The summed E-state index contributed by atoms with van der Waals surface area (Å²) in [5, 5.41) is 3.41. The highest BCUT2D eigenvalue weighted by Crippen LogP contribution is 2.25. The van der Waals surface area contributed by atoms with E-state index in [0.29, 0.717) is 0 Å². The maximum atomic E-state index is 13.2. The zero-order valence-electron chi connectivity index (χ0n) is 16.8. The normalized spacial score (nSPS) is 14.3. The Hall–Kier alpha value is -3.15. The van der Waals surface area contributed by atoms with E-state index in [2.05, 4.69) is 29.0 Å². The third-order valence-electron chi connectivity index (χ3n) is 4.98. The Kier molecular flexibility index (Phi) is 5.60. The van der Waals surface area contributed by atoms with Crippen LogP contribution in [-0.2, 0) is 0 Å². The quantitative estimate of drug-likeness (QED) is 0.697. The molecule has 1 aliphatic heterocycles. The second kappa shape index (κ2) is 8.47. The molecule has 1 aromatic heterocycles. The van der Waals surface area contributed by atoms with Gasteiger partial charge in [-0.05, 0) is 38.1 Å². The van der Waals surface area contributed by atoms with Gasteiger partial charge in [0.1, 0.15) is 17.5 Å². The third-order valence-corrected chi connectivity index (χ3v) is 4.98. The van der Waals surface area contributed by atoms with Crippen LogP contribution >= 0.6 is 0 Å². The molecule has 5 nitrogen and oxygen atoms in total. The minimum Gasteiger partial charge on any atom is -0.368 e. The van der Waals surface area contributed by atoms with Crippen molar-refractivity contribution in [3.05, 3.63) is 66.5 Å². The summed E-state index contributed by atoms with van der Waals surface area (Å²) in [7, 11) is 0. The number of hydrogen-bond acceptors (Lipinski definition) is 5. The summed E-state index contributed by atoms with van der Waals surface area (Å²) in [4.78, 5) is 14.1. The topological polar surface area (TPSA) is 44.3 Å². The lowest BCUT2D eigenvalue weighted by atomic mass is 10.2. The molecule has 0 aliphatic carbocycles. The van der Waals surface area contributed by atoms with Gasteiger partial charge < -0.3 is 15.1 Å². The summed E-state index contributed by atoms with van der Waals surface area (Å²) in [5.74, 6) is 2.30. The number of rotatable bonds is 5. The number of halogens is 1. The van der Waals surface area contributed by atoms with Crippen molar-refractivity contribution < 1.29 is 4.39 Å². The predicted octanol–water partition coefficient (Wildman–Crippen LogP) is 4.43. The lowest BCUT2D eigenvalue weighted by Gasteiger charge is -2.37. The largest absolute Gasteiger partial charge is 0.368 e. The predicted molar refractivity (Wildman–Crippen MR) is 117 cm³/mol. The van der Waals surface area contributed by atoms with Crippen molar-refractivity contribution in [3.8, 4) is 11.4 Å². The fourth-order valence-electron chi connectivity index (χ4n) is 3.53. The molecule has 2 aromatic carbocycles. The van der Waals surface area contributed by atoms with Gasteiger partial charge in [0.2, 0.25) is 0 Å². The lowest BCUT2D eigenvalue weighted by molar-refractivity contribution is 0.624. The van der Waals surface area contributed by atoms with Crippen LogP contribution in [0, 0.1) is 5.82 Å². The van der Waals surface area contributed by atoms with E-state index in [0.717, 1.165) is 54.9 Å². The fourth-order valence-corrected chi connectivity index (χ4v) is 3.53. The maximum Gasteiger partial charge on any atom is 0.163 e. The summed E-state index contributed by atoms with van der Waals surface area (Å²) >= 11 is 0. The molecule has 0 atom stereocenters. The SMILES string of the molecule is CC(C)Nc1cc(N2CCN(c3ccc(F)cc3)CC2)nc(-c2ccccc2)n1. The van der Waals surface area contributed by atoms with Crippen LogP contribution in [0.2, 0.25) is 0 Å². The molecule has 2 heterocycles. The first-order valence-corrected chi connectivity index (χ1v) is 10.0. The summed E-state index contributed by atoms with van der Waals surface area (Å²) in [6, 6.07) is 19.1. The highest BCUT2D eigenvalue weighted by molar-refractivity contribution is 5.62. The number of nitrogens with zero attached hydrogens (tertiary/aromatic N) is 4. The summed E-state index contributed by atoms with van der Waals surface area (Å²) < 4.78 is 13.2. The van der Waals surface area contributed by atoms with Gasteiger partial charge in [-0.1, -0.05) is 30.3 Å². The molecular weight excluding hydrogens is 365 g/mol. The zero-order valence-corrected chi connectivity index (χ0v) is 16.8. The molecule has 150 valence electrons. The maximum absolute atomic E-state index is 13.2. The van der Waals surface area contributed by atoms with Crippen LogP contribution in [0.15, 0.2) is 60.7 Å². The molecule has 0 bridgehead atoms. The average Bonchev–Trinajstić information content (AvgIpc) is 2.74. The molecule has 1 aliphatic rings. The van der Waals surface area contributed by atoms with Gasteiger partial charge in [-0.3, -0.25) is 0 Å². The molecule has 0 saturated carbocycles. The summed E-state index contributed by atoms with van der Waals surface area (Å²) in [5.41, 5.74) is 2.06. The van der Waals surface area contributed by atoms with E-state index in [1.165, 1.54) is 12.1 Å². The molecule has 0 unspecified atom stereocenters. The van der Waals surface area contributed by atoms with Gasteiger partial charge in [0, 0.05) is 49.5 Å². The number of hydrogen-bond donors (Lipinski definition) is 1. The van der Waals surface area contributed by atoms with Crippen LogP contribution in [0.25, 0.3) is 11.4 Å². The van der Waals surface area contributed by atoms with Crippen LogP contribution < -0.4 is 15.1 Å². The van der Waals surface area contributed by atoms with E-state index in [4.69, 9.17) is 9.97 Å². The van der Waals surface area contributed by atoms with Crippen molar-refractivity contribution in [2.75, 3.05) is 41.3 Å². The Balaban J connectivity index is 1.55. The van der Waals surface area contributed by atoms with Gasteiger partial charge in [-0.25, -0.2) is 14.4 Å². The smallest absolute Gasteiger partial charge is 0.163 e. The third kappa shape index (κ3) is 4.65. The van der Waals surface area contributed by atoms with Gasteiger partial charge in [0.25, 0.3) is 0 Å². The first-order chi connectivity index (χ1) is 14.1. The Morgan fingerprint density at radius 1 is 0.862 bits per heavy atom. The number of anilines is 3. The second-order valence-corrected chi connectivity index (χ2v) is 7.55. The van der Waals surface area contributed by atoms with Crippen molar-refractivity contribution in [2.24, 2.45) is 0 Å². The number of nitrogens with one attached hydrogen (secondary N) is 1. The van der Waals surface area contributed by atoms with Gasteiger partial charge in [-0.2, -0.15) is 0 Å². The first-order valence-electron chi connectivity index (χ1n) is 10.0. The van der Waals surface area contributed by atoms with Gasteiger partial charge in [0.05, 0.1) is 0 Å². The number of benzene rings is 2. The van der Waals surface area contributed by atoms with E-state index in [9.17, 15) is 4.39 Å². The second-order valence-electron chi connectivity index (χ2n) is 7.55. The summed E-state index contributed by atoms with van der Waals surface area (Å²) in [6.45, 7) is 7.64. The Morgan fingerprint density at radius 2 is 1.52 bits per heavy atom. The van der Waals surface area contributed by atoms with E-state index < -0.39 is 0 Å². The first kappa shape index (κ1) is 19.2. The Bertz CT molecular complexity index is 935. The highest BCUT2D eigenvalue weighted by atomic mass is 19.1. The van der Waals surface area contributed by atoms with E-state index in [-0.39, 0.29) is 11.9 Å². The minimum absolute atomic E-state index is 0.202. The van der Waals surface area contributed by atoms with Crippen LogP contribution in [0.4, 0.5) is 21.7 Å². The van der Waals surface area contributed by atoms with Crippen molar-refractivity contribution in [3.63, 3.8) is 0 Å². The summed E-state index contributed by atoms with van der Waals surface area (Å²) in [6.07, 6.45) is 0. The molecule has 4 rings (SSSR count). The molecule has 1 N–H and O–H groups in total. The molecule has 1 fully saturated rings. The van der Waals surface area contributed by atoms with E-state index >= 15 is 0 Å². The molecule has 1 saturated heterocycles. The Morgan fingerprint density at radius 3 is 2.17 bits per heavy atom. The molecule has 0 spiro atoms. The van der Waals surface area contributed by atoms with Gasteiger partial charge >= 0.3 is 0 Å². The zero-order chi connectivity index (χ0) is 20.2. The lowest BCUT2D eigenvalue weighted by Crippen LogP contribution is -2.46. The van der Waals surface area contributed by atoms with Crippen LogP contribution in [-0.4, -0.2) is 42.2 Å². The molecular formula is C23H26FN5. The molecule has 6 heteroatoms. The highest BCUT2D eigenvalue weighted by Gasteiger charge is 2.20. The fraction of sp³-hybridized carbons (Fsp3) is 0.304. The molecule has 29 heavy (non-hydrogen) atoms. The van der Waals surface area contributed by atoms with Crippen LogP contribution in [0.5, 0.6) is 0 Å². The number of piperazine rings is 1. The molecule has 0 radical (unpaired) electrons. The minimum atomic E-state index is -0.202. The number of aromatic nitrogens is 2. The Labute approximate surface area is 171 Å². The van der Waals surface area contributed by atoms with Gasteiger partial charge in [-0.15, -0.1) is 0 Å². The van der Waals surface area contributed by atoms with Crippen molar-refractivity contribution in [2.45, 2.75) is 19.9 Å². The standard InChI is InChI=1S/C23H26FN5/c1-17(2)25-21-16-22(27-23(26-21)18-6-4-3-5-7-18)29-14-12-28(13-15-29)20-10-8-19(24)9-11-20/h3-11,16-17H,12-15H2,1-2H3,(H,25,26,27). The van der Waals surface area contributed by atoms with E-state index in [1.807, 2.05) is 48.5 Å². The average molecular weight is 391 g/mol. The monoisotopic (exact) mass is 391 g/mol. The molecule has 3 aromatic rings. The van der Waals surface area contributed by atoms with Crippen LogP contribution in [0.3, 0.4) is 0 Å². The van der Waals surface area contributed by atoms with Gasteiger partial charge in [0.15, 0.2) is 5.82 Å². The van der Waals surface area contributed by atoms with Crippen molar-refractivity contribution in [1.29, 1.82) is 0 Å².